The first-order chi connectivity index (χ1) is 9.74. The van der Waals surface area contributed by atoms with E-state index in [0.717, 1.165) is 11.4 Å². The second-order valence-corrected chi connectivity index (χ2v) is 4.50. The molecular weight excluding hydrogens is 401 g/mol. The Kier molecular flexibility index (Phi) is 7.92. The number of hydrogen-bond donors (Lipinski definition) is 2. The highest BCUT2D eigenvalue weighted by molar-refractivity contribution is 14.0. The van der Waals surface area contributed by atoms with E-state index in [1.165, 1.54) is 0 Å². The standard InChI is InChI=1S/C15H16ClN3O.HI/c16-12-6-8-14(9-7-12)20-11-10-18-15(17)19-13-4-2-1-3-5-13;/h1-9H,10-11H2,(H3,17,18,19);1H. The summed E-state index contributed by atoms with van der Waals surface area (Å²) in [7, 11) is 0. The molecule has 21 heavy (non-hydrogen) atoms. The molecule has 0 fully saturated rings. The lowest BCUT2D eigenvalue weighted by atomic mass is 10.3. The maximum absolute atomic E-state index is 5.79. The van der Waals surface area contributed by atoms with Crippen molar-refractivity contribution in [1.29, 1.82) is 0 Å². The zero-order chi connectivity index (χ0) is 14.2. The molecule has 2 aromatic carbocycles. The van der Waals surface area contributed by atoms with Crippen molar-refractivity contribution in [2.75, 3.05) is 18.5 Å². The zero-order valence-electron chi connectivity index (χ0n) is 11.3. The molecular formula is C15H17ClIN3O. The van der Waals surface area contributed by atoms with Crippen molar-refractivity contribution >= 4 is 47.2 Å². The Labute approximate surface area is 146 Å². The van der Waals surface area contributed by atoms with Crippen molar-refractivity contribution in [3.05, 3.63) is 59.6 Å². The van der Waals surface area contributed by atoms with Crippen LogP contribution in [0.3, 0.4) is 0 Å². The van der Waals surface area contributed by atoms with Gasteiger partial charge in [-0.2, -0.15) is 0 Å². The number of benzene rings is 2. The van der Waals surface area contributed by atoms with Crippen LogP contribution < -0.4 is 15.8 Å². The Morgan fingerprint density at radius 1 is 1.10 bits per heavy atom. The van der Waals surface area contributed by atoms with Gasteiger partial charge in [-0.05, 0) is 36.4 Å². The summed E-state index contributed by atoms with van der Waals surface area (Å²) in [6.07, 6.45) is 0. The predicted molar refractivity (Wildman–Crippen MR) is 98.9 cm³/mol. The van der Waals surface area contributed by atoms with Gasteiger partial charge in [-0.1, -0.05) is 29.8 Å². The molecule has 2 rings (SSSR count). The minimum Gasteiger partial charge on any atom is -0.492 e. The molecule has 0 amide bonds. The molecule has 0 aromatic heterocycles. The van der Waals surface area contributed by atoms with E-state index in [2.05, 4.69) is 10.3 Å². The van der Waals surface area contributed by atoms with Crippen LogP contribution in [0, 0.1) is 0 Å². The second-order valence-electron chi connectivity index (χ2n) is 4.06. The van der Waals surface area contributed by atoms with E-state index in [0.29, 0.717) is 24.1 Å². The molecule has 0 aliphatic rings. The van der Waals surface area contributed by atoms with Crippen molar-refractivity contribution in [1.82, 2.24) is 0 Å². The largest absolute Gasteiger partial charge is 0.492 e. The predicted octanol–water partition coefficient (Wildman–Crippen LogP) is 3.76. The van der Waals surface area contributed by atoms with Gasteiger partial charge in [-0.3, -0.25) is 0 Å². The van der Waals surface area contributed by atoms with Crippen molar-refractivity contribution in [2.24, 2.45) is 10.7 Å². The third kappa shape index (κ3) is 6.68. The summed E-state index contributed by atoms with van der Waals surface area (Å²) in [4.78, 5) is 4.18. The number of anilines is 1. The van der Waals surface area contributed by atoms with Gasteiger partial charge in [0, 0.05) is 10.7 Å². The summed E-state index contributed by atoms with van der Waals surface area (Å²) in [5.74, 6) is 1.13. The summed E-state index contributed by atoms with van der Waals surface area (Å²) in [6.45, 7) is 0.938. The number of nitrogens with two attached hydrogens (primary N) is 1. The molecule has 0 aliphatic heterocycles. The first kappa shape index (κ1) is 17.6. The second kappa shape index (κ2) is 9.46. The Bertz CT molecular complexity index is 561. The first-order valence-electron chi connectivity index (χ1n) is 6.24. The maximum atomic E-state index is 5.79. The molecule has 2 aromatic rings. The topological polar surface area (TPSA) is 59.6 Å². The highest BCUT2D eigenvalue weighted by Crippen LogP contribution is 2.15. The molecule has 0 radical (unpaired) electrons. The lowest BCUT2D eigenvalue weighted by Crippen LogP contribution is -2.23. The number of para-hydroxylation sites is 1. The van der Waals surface area contributed by atoms with Gasteiger partial charge >= 0.3 is 0 Å². The fourth-order valence-corrected chi connectivity index (χ4v) is 1.70. The van der Waals surface area contributed by atoms with Gasteiger partial charge in [0.05, 0.1) is 6.54 Å². The number of guanidine groups is 1. The third-order valence-corrected chi connectivity index (χ3v) is 2.75. The average Bonchev–Trinajstić information content (AvgIpc) is 2.46. The summed E-state index contributed by atoms with van der Waals surface area (Å²) < 4.78 is 5.51. The van der Waals surface area contributed by atoms with Crippen LogP contribution in [0.2, 0.25) is 5.02 Å². The summed E-state index contributed by atoms with van der Waals surface area (Å²) in [6, 6.07) is 16.8. The molecule has 0 aliphatic carbocycles. The average molecular weight is 418 g/mol. The van der Waals surface area contributed by atoms with E-state index in [1.807, 2.05) is 42.5 Å². The minimum absolute atomic E-state index is 0. The minimum atomic E-state index is 0. The van der Waals surface area contributed by atoms with Crippen molar-refractivity contribution in [3.63, 3.8) is 0 Å². The number of aliphatic imine (C=N–C) groups is 1. The van der Waals surface area contributed by atoms with Crippen LogP contribution in [-0.4, -0.2) is 19.1 Å². The number of ether oxygens (including phenoxy) is 1. The number of hydrogen-bond acceptors (Lipinski definition) is 2. The third-order valence-electron chi connectivity index (χ3n) is 2.50. The van der Waals surface area contributed by atoms with Crippen molar-refractivity contribution < 1.29 is 4.74 Å². The Balaban J connectivity index is 0.00000220. The van der Waals surface area contributed by atoms with Crippen LogP contribution in [0.15, 0.2) is 59.6 Å². The quantitative estimate of drug-likeness (QED) is 0.337. The lowest BCUT2D eigenvalue weighted by Gasteiger charge is -2.06. The van der Waals surface area contributed by atoms with Crippen molar-refractivity contribution in [2.45, 2.75) is 0 Å². The maximum Gasteiger partial charge on any atom is 0.193 e. The highest BCUT2D eigenvalue weighted by Gasteiger charge is 1.95. The van der Waals surface area contributed by atoms with E-state index in [1.54, 1.807) is 12.1 Å². The normalized spacial score (nSPS) is 10.6. The van der Waals surface area contributed by atoms with E-state index >= 15 is 0 Å². The Hall–Kier alpha value is -1.47. The molecule has 6 heteroatoms. The Morgan fingerprint density at radius 3 is 2.43 bits per heavy atom. The summed E-state index contributed by atoms with van der Waals surface area (Å²) in [5, 5.41) is 3.69. The van der Waals surface area contributed by atoms with Gasteiger partial charge in [0.15, 0.2) is 5.96 Å². The molecule has 0 atom stereocenters. The summed E-state index contributed by atoms with van der Waals surface area (Å²) in [5.41, 5.74) is 6.68. The van der Waals surface area contributed by atoms with Gasteiger partial charge in [-0.15, -0.1) is 24.0 Å². The molecule has 3 N–H and O–H groups in total. The van der Waals surface area contributed by atoms with E-state index in [-0.39, 0.29) is 24.0 Å². The molecule has 0 saturated heterocycles. The molecule has 112 valence electrons. The highest BCUT2D eigenvalue weighted by atomic mass is 127. The van der Waals surface area contributed by atoms with Crippen LogP contribution in [0.1, 0.15) is 0 Å². The van der Waals surface area contributed by atoms with Gasteiger partial charge in [-0.25, -0.2) is 4.99 Å². The van der Waals surface area contributed by atoms with E-state index in [9.17, 15) is 0 Å². The number of rotatable bonds is 5. The van der Waals surface area contributed by atoms with Crippen molar-refractivity contribution in [3.8, 4) is 5.75 Å². The summed E-state index contributed by atoms with van der Waals surface area (Å²) >= 11 is 5.79. The number of nitrogens with zero attached hydrogens (tertiary/aromatic N) is 1. The van der Waals surface area contributed by atoms with E-state index < -0.39 is 0 Å². The van der Waals surface area contributed by atoms with Crippen LogP contribution in [0.5, 0.6) is 5.75 Å². The van der Waals surface area contributed by atoms with Crippen LogP contribution >= 0.6 is 35.6 Å². The SMILES string of the molecule is I.NC(=NCCOc1ccc(Cl)cc1)Nc1ccccc1. The zero-order valence-corrected chi connectivity index (χ0v) is 14.4. The number of nitrogens with one attached hydrogen (secondary N) is 1. The fraction of sp³-hybridized carbons (Fsp3) is 0.133. The van der Waals surface area contributed by atoms with Gasteiger partial charge in [0.1, 0.15) is 12.4 Å². The van der Waals surface area contributed by atoms with Gasteiger partial charge in [0.2, 0.25) is 0 Å². The van der Waals surface area contributed by atoms with Crippen LogP contribution in [-0.2, 0) is 0 Å². The van der Waals surface area contributed by atoms with Crippen LogP contribution in [0.25, 0.3) is 0 Å². The van der Waals surface area contributed by atoms with E-state index in [4.69, 9.17) is 22.1 Å². The monoisotopic (exact) mass is 417 g/mol. The van der Waals surface area contributed by atoms with Crippen LogP contribution in [0.4, 0.5) is 5.69 Å². The van der Waals surface area contributed by atoms with Gasteiger partial charge in [0.25, 0.3) is 0 Å². The molecule has 0 heterocycles. The molecule has 0 saturated carbocycles. The lowest BCUT2D eigenvalue weighted by molar-refractivity contribution is 0.329. The molecule has 0 unspecified atom stereocenters. The molecule has 0 spiro atoms. The molecule has 4 nitrogen and oxygen atoms in total. The van der Waals surface area contributed by atoms with Gasteiger partial charge < -0.3 is 15.8 Å². The fourth-order valence-electron chi connectivity index (χ4n) is 1.57. The Morgan fingerprint density at radius 2 is 1.76 bits per heavy atom. The first-order valence-corrected chi connectivity index (χ1v) is 6.62. The number of halogens is 2. The molecule has 0 bridgehead atoms. The smallest absolute Gasteiger partial charge is 0.193 e.